The number of rotatable bonds is 4. The Kier molecular flexibility index (Phi) is 3.72. The lowest BCUT2D eigenvalue weighted by Crippen LogP contribution is -2.30. The number of benzene rings is 1. The van der Waals surface area contributed by atoms with Crippen LogP contribution in [-0.2, 0) is 4.74 Å². The number of primary amides is 1. The summed E-state index contributed by atoms with van der Waals surface area (Å²) in [4.78, 5) is 11.0. The van der Waals surface area contributed by atoms with Crippen LogP contribution < -0.4 is 16.8 Å². The molecule has 1 aromatic rings. The first kappa shape index (κ1) is 12.7. The van der Waals surface area contributed by atoms with E-state index in [1.807, 2.05) is 0 Å². The molecule has 2 atom stereocenters. The number of nitrogens with one attached hydrogen (secondary N) is 1. The van der Waals surface area contributed by atoms with E-state index in [1.54, 1.807) is 25.3 Å². The Balaban J connectivity index is 2.12. The molecular formula is C13H19N3O2. The van der Waals surface area contributed by atoms with Crippen LogP contribution in [0.3, 0.4) is 0 Å². The van der Waals surface area contributed by atoms with Gasteiger partial charge in [-0.1, -0.05) is 0 Å². The summed E-state index contributed by atoms with van der Waals surface area (Å²) in [6.45, 7) is 0. The molecule has 1 aliphatic carbocycles. The van der Waals surface area contributed by atoms with E-state index < -0.39 is 5.91 Å². The molecule has 0 aromatic heterocycles. The Bertz CT molecular complexity index is 448. The van der Waals surface area contributed by atoms with Gasteiger partial charge in [-0.2, -0.15) is 0 Å². The number of nitrogens with two attached hydrogens (primary N) is 2. The average molecular weight is 249 g/mol. The van der Waals surface area contributed by atoms with E-state index in [0.717, 1.165) is 24.9 Å². The van der Waals surface area contributed by atoms with Crippen LogP contribution in [0.1, 0.15) is 29.6 Å². The fourth-order valence-corrected chi connectivity index (χ4v) is 2.42. The molecule has 0 bridgehead atoms. The Hall–Kier alpha value is -1.75. The van der Waals surface area contributed by atoms with E-state index in [9.17, 15) is 4.79 Å². The topological polar surface area (TPSA) is 90.4 Å². The number of hydrogen-bond acceptors (Lipinski definition) is 4. The van der Waals surface area contributed by atoms with Gasteiger partial charge in [-0.15, -0.1) is 0 Å². The number of nitrogen functional groups attached to an aromatic ring is 1. The monoisotopic (exact) mass is 249 g/mol. The molecule has 0 spiro atoms. The van der Waals surface area contributed by atoms with Crippen LogP contribution in [0, 0.1) is 0 Å². The number of carbonyl (C=O) groups is 1. The van der Waals surface area contributed by atoms with Gasteiger partial charge < -0.3 is 21.5 Å². The van der Waals surface area contributed by atoms with Crippen molar-refractivity contribution in [2.24, 2.45) is 5.73 Å². The van der Waals surface area contributed by atoms with Gasteiger partial charge in [0.1, 0.15) is 0 Å². The highest BCUT2D eigenvalue weighted by molar-refractivity contribution is 5.94. The van der Waals surface area contributed by atoms with Crippen molar-refractivity contribution in [1.29, 1.82) is 0 Å². The fourth-order valence-electron chi connectivity index (χ4n) is 2.42. The molecule has 0 radical (unpaired) electrons. The molecule has 0 aliphatic heterocycles. The summed E-state index contributed by atoms with van der Waals surface area (Å²) in [5, 5.41) is 3.37. The quantitative estimate of drug-likeness (QED) is 0.702. The summed E-state index contributed by atoms with van der Waals surface area (Å²) in [5.41, 5.74) is 12.9. The zero-order chi connectivity index (χ0) is 13.1. The van der Waals surface area contributed by atoms with Crippen LogP contribution in [0.25, 0.3) is 0 Å². The lowest BCUT2D eigenvalue weighted by atomic mass is 10.1. The summed E-state index contributed by atoms with van der Waals surface area (Å²) in [6, 6.07) is 5.34. The van der Waals surface area contributed by atoms with Gasteiger partial charge in [-0.3, -0.25) is 4.79 Å². The van der Waals surface area contributed by atoms with Crippen molar-refractivity contribution in [2.75, 3.05) is 18.2 Å². The second-order valence-electron chi connectivity index (χ2n) is 4.62. The summed E-state index contributed by atoms with van der Waals surface area (Å²) >= 11 is 0. The number of amides is 1. The zero-order valence-electron chi connectivity index (χ0n) is 10.5. The van der Waals surface area contributed by atoms with Crippen LogP contribution in [0.5, 0.6) is 0 Å². The molecule has 1 saturated carbocycles. The third-order valence-electron chi connectivity index (χ3n) is 3.43. The maximum Gasteiger partial charge on any atom is 0.248 e. The predicted molar refractivity (Wildman–Crippen MR) is 71.4 cm³/mol. The first-order valence-corrected chi connectivity index (χ1v) is 6.10. The predicted octanol–water partition coefficient (Wildman–Crippen LogP) is 1.35. The van der Waals surface area contributed by atoms with Crippen LogP contribution in [0.4, 0.5) is 11.4 Å². The highest BCUT2D eigenvalue weighted by Crippen LogP contribution is 2.28. The van der Waals surface area contributed by atoms with Crippen molar-refractivity contribution in [3.05, 3.63) is 23.8 Å². The molecule has 5 nitrogen and oxygen atoms in total. The van der Waals surface area contributed by atoms with E-state index in [4.69, 9.17) is 16.2 Å². The van der Waals surface area contributed by atoms with Crippen LogP contribution in [-0.4, -0.2) is 25.2 Å². The smallest absolute Gasteiger partial charge is 0.248 e. The third kappa shape index (κ3) is 2.56. The summed E-state index contributed by atoms with van der Waals surface area (Å²) < 4.78 is 5.42. The van der Waals surface area contributed by atoms with E-state index in [0.29, 0.717) is 11.3 Å². The van der Waals surface area contributed by atoms with Gasteiger partial charge in [0.15, 0.2) is 0 Å². The highest BCUT2D eigenvalue weighted by atomic mass is 16.5. The standard InChI is InChI=1S/C13H19N3O2/c1-18-12-4-2-3-11(12)16-10-6-5-8(13(15)17)7-9(10)14/h5-7,11-12,16H,2-4,14H2,1H3,(H2,15,17). The Morgan fingerprint density at radius 2 is 2.22 bits per heavy atom. The number of hydrogen-bond donors (Lipinski definition) is 3. The molecule has 1 fully saturated rings. The van der Waals surface area contributed by atoms with Crippen LogP contribution >= 0.6 is 0 Å². The third-order valence-corrected chi connectivity index (χ3v) is 3.43. The summed E-state index contributed by atoms with van der Waals surface area (Å²) in [5.74, 6) is -0.469. The average Bonchev–Trinajstić information content (AvgIpc) is 2.78. The lowest BCUT2D eigenvalue weighted by molar-refractivity contribution is 0.0999. The van der Waals surface area contributed by atoms with Gasteiger partial charge in [0.25, 0.3) is 0 Å². The van der Waals surface area contributed by atoms with Crippen molar-refractivity contribution in [3.8, 4) is 0 Å². The van der Waals surface area contributed by atoms with Gasteiger partial charge in [0, 0.05) is 12.7 Å². The Morgan fingerprint density at radius 3 is 2.83 bits per heavy atom. The largest absolute Gasteiger partial charge is 0.397 e. The van der Waals surface area contributed by atoms with Gasteiger partial charge in [-0.25, -0.2) is 0 Å². The van der Waals surface area contributed by atoms with Gasteiger partial charge >= 0.3 is 0 Å². The van der Waals surface area contributed by atoms with Crippen molar-refractivity contribution in [2.45, 2.75) is 31.4 Å². The molecule has 0 saturated heterocycles. The lowest BCUT2D eigenvalue weighted by Gasteiger charge is -2.21. The molecule has 2 rings (SSSR count). The molecule has 1 amide bonds. The minimum atomic E-state index is -0.469. The minimum absolute atomic E-state index is 0.222. The van der Waals surface area contributed by atoms with Crippen LogP contribution in [0.2, 0.25) is 0 Å². The van der Waals surface area contributed by atoms with Gasteiger partial charge in [0.05, 0.1) is 23.5 Å². The first-order chi connectivity index (χ1) is 8.61. The molecule has 5 heteroatoms. The molecule has 5 N–H and O–H groups in total. The SMILES string of the molecule is COC1CCCC1Nc1ccc(C(N)=O)cc1N. The number of methoxy groups -OCH3 is 1. The van der Waals surface area contributed by atoms with Crippen molar-refractivity contribution < 1.29 is 9.53 Å². The van der Waals surface area contributed by atoms with Gasteiger partial charge in [0.2, 0.25) is 5.91 Å². The summed E-state index contributed by atoms with van der Waals surface area (Å²) in [6.07, 6.45) is 3.50. The Morgan fingerprint density at radius 1 is 1.44 bits per heavy atom. The maximum atomic E-state index is 11.0. The normalized spacial score (nSPS) is 22.9. The van der Waals surface area contributed by atoms with E-state index >= 15 is 0 Å². The molecular weight excluding hydrogens is 230 g/mol. The molecule has 18 heavy (non-hydrogen) atoms. The van der Waals surface area contributed by atoms with E-state index in [1.165, 1.54) is 0 Å². The fraction of sp³-hybridized carbons (Fsp3) is 0.462. The number of anilines is 2. The zero-order valence-corrected chi connectivity index (χ0v) is 10.5. The Labute approximate surface area is 106 Å². The van der Waals surface area contributed by atoms with Gasteiger partial charge in [-0.05, 0) is 37.5 Å². The van der Waals surface area contributed by atoms with E-state index in [-0.39, 0.29) is 12.1 Å². The molecule has 0 heterocycles. The van der Waals surface area contributed by atoms with Crippen molar-refractivity contribution in [3.63, 3.8) is 0 Å². The van der Waals surface area contributed by atoms with Crippen molar-refractivity contribution in [1.82, 2.24) is 0 Å². The second-order valence-corrected chi connectivity index (χ2v) is 4.62. The number of carbonyl (C=O) groups excluding carboxylic acids is 1. The second kappa shape index (κ2) is 5.27. The molecule has 2 unspecified atom stereocenters. The van der Waals surface area contributed by atoms with E-state index in [2.05, 4.69) is 5.32 Å². The maximum absolute atomic E-state index is 11.0. The highest BCUT2D eigenvalue weighted by Gasteiger charge is 2.27. The molecule has 98 valence electrons. The number of ether oxygens (including phenoxy) is 1. The summed E-state index contributed by atoms with van der Waals surface area (Å²) in [7, 11) is 1.73. The van der Waals surface area contributed by atoms with Crippen LogP contribution in [0.15, 0.2) is 18.2 Å². The first-order valence-electron chi connectivity index (χ1n) is 6.10. The minimum Gasteiger partial charge on any atom is -0.397 e. The molecule has 1 aromatic carbocycles. The van der Waals surface area contributed by atoms with Crippen molar-refractivity contribution >= 4 is 17.3 Å². The molecule has 1 aliphatic rings.